The van der Waals surface area contributed by atoms with Gasteiger partial charge in [0.05, 0.1) is 38.4 Å². The first-order valence-electron chi connectivity index (χ1n) is 14.7. The second kappa shape index (κ2) is 14.8. The number of nitrogens with zero attached hydrogens (tertiary/aromatic N) is 5. The summed E-state index contributed by atoms with van der Waals surface area (Å²) in [5.41, 5.74) is 8.03. The van der Waals surface area contributed by atoms with Gasteiger partial charge in [0.25, 0.3) is 5.56 Å². The number of fused-ring (bicyclic) bond motifs is 1. The van der Waals surface area contributed by atoms with Gasteiger partial charge in [0.1, 0.15) is 17.0 Å². The number of aliphatic hydroxyl groups is 1. The highest BCUT2D eigenvalue weighted by Crippen LogP contribution is 2.24. The van der Waals surface area contributed by atoms with Crippen molar-refractivity contribution in [3.63, 3.8) is 0 Å². The van der Waals surface area contributed by atoms with Gasteiger partial charge in [0, 0.05) is 44.5 Å². The highest BCUT2D eigenvalue weighted by atomic mass is 16.6. The second-order valence-electron chi connectivity index (χ2n) is 10.6. The number of carbonyl (C=O) groups is 1. The van der Waals surface area contributed by atoms with E-state index >= 15 is 0 Å². The van der Waals surface area contributed by atoms with Crippen LogP contribution in [0.4, 0.5) is 16.6 Å². The molecular formula is C30H43N7O5. The largest absolute Gasteiger partial charge is 0.496 e. The second-order valence-corrected chi connectivity index (χ2v) is 10.6. The normalized spacial score (nSPS) is 14.6. The molecular weight excluding hydrogens is 538 g/mol. The molecule has 1 amide bonds. The fraction of sp³-hybridized carbons (Fsp3) is 0.533. The van der Waals surface area contributed by atoms with Crippen LogP contribution in [0.2, 0.25) is 0 Å². The Hall–Kier alpha value is -3.90. The number of anilines is 2. The minimum atomic E-state index is -0.264. The van der Waals surface area contributed by atoms with Gasteiger partial charge in [0.15, 0.2) is 0 Å². The molecule has 0 radical (unpaired) electrons. The molecule has 2 aromatic heterocycles. The summed E-state index contributed by atoms with van der Waals surface area (Å²) in [5.74, 6) is 1.06. The molecule has 0 spiro atoms. The van der Waals surface area contributed by atoms with Crippen LogP contribution in [0.1, 0.15) is 50.7 Å². The number of hydrogen-bond acceptors (Lipinski definition) is 10. The Bertz CT molecular complexity index is 1400. The smallest absolute Gasteiger partial charge is 0.409 e. The number of nitrogens with two attached hydrogens (primary N) is 1. The van der Waals surface area contributed by atoms with Gasteiger partial charge in [-0.3, -0.25) is 9.69 Å². The molecule has 1 atom stereocenters. The maximum Gasteiger partial charge on any atom is 0.409 e. The van der Waals surface area contributed by atoms with E-state index in [1.807, 2.05) is 25.1 Å². The van der Waals surface area contributed by atoms with Crippen LogP contribution in [0.15, 0.2) is 35.3 Å². The van der Waals surface area contributed by atoms with Crippen LogP contribution >= 0.6 is 0 Å². The number of amides is 1. The first-order valence-corrected chi connectivity index (χ1v) is 14.7. The third-order valence-corrected chi connectivity index (χ3v) is 7.49. The van der Waals surface area contributed by atoms with Crippen molar-refractivity contribution in [3.8, 4) is 5.75 Å². The number of aromatic nitrogens is 3. The van der Waals surface area contributed by atoms with Gasteiger partial charge in [0.2, 0.25) is 5.95 Å². The molecule has 1 aromatic carbocycles. The number of nitrogens with one attached hydrogen (secondary N) is 1. The van der Waals surface area contributed by atoms with Crippen molar-refractivity contribution in [2.45, 2.75) is 58.7 Å². The molecule has 0 bridgehead atoms. The van der Waals surface area contributed by atoms with Crippen LogP contribution in [-0.2, 0) is 17.8 Å². The van der Waals surface area contributed by atoms with Crippen LogP contribution in [0.5, 0.6) is 5.75 Å². The molecule has 1 saturated heterocycles. The van der Waals surface area contributed by atoms with Crippen molar-refractivity contribution in [2.24, 2.45) is 0 Å². The van der Waals surface area contributed by atoms with E-state index in [4.69, 9.17) is 15.2 Å². The van der Waals surface area contributed by atoms with Crippen molar-refractivity contribution in [3.05, 3.63) is 51.9 Å². The van der Waals surface area contributed by atoms with Gasteiger partial charge in [-0.05, 0) is 30.5 Å². The third kappa shape index (κ3) is 7.68. The van der Waals surface area contributed by atoms with Gasteiger partial charge in [-0.25, -0.2) is 9.78 Å². The Balaban J connectivity index is 1.47. The first kappa shape index (κ1) is 31.0. The molecule has 1 aliphatic heterocycles. The molecule has 0 saturated carbocycles. The lowest BCUT2D eigenvalue weighted by Crippen LogP contribution is -2.48. The zero-order valence-electron chi connectivity index (χ0n) is 24.8. The van der Waals surface area contributed by atoms with E-state index in [1.54, 1.807) is 28.8 Å². The number of pyridine rings is 1. The van der Waals surface area contributed by atoms with Gasteiger partial charge < -0.3 is 35.1 Å². The number of carbonyl (C=O) groups excluding carboxylic acids is 1. The zero-order valence-corrected chi connectivity index (χ0v) is 24.8. The number of methoxy groups -OCH3 is 1. The maximum atomic E-state index is 13.6. The summed E-state index contributed by atoms with van der Waals surface area (Å²) in [6.07, 6.45) is 4.91. The molecule has 4 N–H and O–H groups in total. The molecule has 0 unspecified atom stereocenters. The van der Waals surface area contributed by atoms with E-state index in [1.165, 1.54) is 0 Å². The van der Waals surface area contributed by atoms with Crippen LogP contribution in [0.3, 0.4) is 0 Å². The molecule has 1 aliphatic rings. The number of nitrogen functional groups attached to an aromatic ring is 1. The van der Waals surface area contributed by atoms with Gasteiger partial charge in [-0.15, -0.1) is 0 Å². The molecule has 12 nitrogen and oxygen atoms in total. The number of ether oxygens (including phenoxy) is 2. The van der Waals surface area contributed by atoms with Crippen molar-refractivity contribution < 1.29 is 19.4 Å². The topological polar surface area (TPSA) is 148 Å². The van der Waals surface area contributed by atoms with Crippen LogP contribution in [0, 0.1) is 0 Å². The summed E-state index contributed by atoms with van der Waals surface area (Å²) >= 11 is 0. The quantitative estimate of drug-likeness (QED) is 0.257. The predicted molar refractivity (Wildman–Crippen MR) is 163 cm³/mol. The third-order valence-electron chi connectivity index (χ3n) is 7.49. The minimum Gasteiger partial charge on any atom is -0.496 e. The van der Waals surface area contributed by atoms with E-state index < -0.39 is 0 Å². The highest BCUT2D eigenvalue weighted by molar-refractivity contribution is 5.89. The summed E-state index contributed by atoms with van der Waals surface area (Å²) < 4.78 is 12.7. The number of piperazine rings is 1. The Morgan fingerprint density at radius 1 is 1.12 bits per heavy atom. The molecule has 3 aromatic rings. The lowest BCUT2D eigenvalue weighted by atomic mass is 10.1. The van der Waals surface area contributed by atoms with Crippen molar-refractivity contribution in [1.29, 1.82) is 0 Å². The van der Waals surface area contributed by atoms with Crippen LogP contribution in [0.25, 0.3) is 10.9 Å². The van der Waals surface area contributed by atoms with Gasteiger partial charge in [-0.1, -0.05) is 38.8 Å². The summed E-state index contributed by atoms with van der Waals surface area (Å²) in [4.78, 5) is 38.5. The summed E-state index contributed by atoms with van der Waals surface area (Å²) in [6, 6.07) is 7.51. The van der Waals surface area contributed by atoms with E-state index in [0.29, 0.717) is 55.1 Å². The molecule has 12 heteroatoms. The lowest BCUT2D eigenvalue weighted by Gasteiger charge is -2.34. The molecule has 1 fully saturated rings. The predicted octanol–water partition coefficient (Wildman–Crippen LogP) is 3.06. The van der Waals surface area contributed by atoms with Gasteiger partial charge in [-0.2, -0.15) is 4.98 Å². The summed E-state index contributed by atoms with van der Waals surface area (Å²) in [7, 11) is 1.62. The fourth-order valence-electron chi connectivity index (χ4n) is 5.12. The number of hydrogen-bond donors (Lipinski definition) is 3. The molecule has 4 rings (SSSR count). The van der Waals surface area contributed by atoms with Crippen LogP contribution in [-0.4, -0.2) is 88.1 Å². The average Bonchev–Trinajstić information content (AvgIpc) is 2.99. The summed E-state index contributed by atoms with van der Waals surface area (Å²) in [6.45, 7) is 8.28. The first-order chi connectivity index (χ1) is 20.4. The maximum absolute atomic E-state index is 13.6. The fourth-order valence-corrected chi connectivity index (χ4v) is 5.12. The number of rotatable bonds is 13. The molecule has 42 heavy (non-hydrogen) atoms. The Morgan fingerprint density at radius 3 is 2.60 bits per heavy atom. The Labute approximate surface area is 246 Å². The Morgan fingerprint density at radius 2 is 1.90 bits per heavy atom. The van der Waals surface area contributed by atoms with Crippen molar-refractivity contribution in [2.75, 3.05) is 57.6 Å². The van der Waals surface area contributed by atoms with Crippen molar-refractivity contribution in [1.82, 2.24) is 24.3 Å². The number of unbranched alkanes of at least 4 members (excludes halogenated alkanes) is 1. The van der Waals surface area contributed by atoms with Gasteiger partial charge >= 0.3 is 6.09 Å². The monoisotopic (exact) mass is 581 g/mol. The highest BCUT2D eigenvalue weighted by Gasteiger charge is 2.22. The number of aliphatic hydroxyl groups excluding tert-OH is 1. The minimum absolute atomic E-state index is 0.0564. The van der Waals surface area contributed by atoms with Crippen LogP contribution < -0.4 is 21.3 Å². The molecule has 0 aliphatic carbocycles. The SMILES string of the molecule is CCCCOC(=O)N1CCN(Cc2ccc(Cn3ccc4nc(N)nc(N[C@H](CO)CCC)c4c3=O)c(OC)c2)CC1. The van der Waals surface area contributed by atoms with Crippen molar-refractivity contribution >= 4 is 28.8 Å². The standard InChI is InChI=1S/C30H43N7O5/c1-4-6-16-42-30(40)36-14-12-35(13-15-36)18-21-8-9-22(25(17-21)41-3)19-37-11-10-24-26(28(37)39)27(34-29(31)33-24)32-23(20-38)7-5-2/h8-11,17,23,38H,4-7,12-16,18-20H2,1-3H3,(H3,31,32,33,34)/t23-/m0/s1. The number of benzene rings is 1. The average molecular weight is 582 g/mol. The van der Waals surface area contributed by atoms with E-state index in [0.717, 1.165) is 50.0 Å². The lowest BCUT2D eigenvalue weighted by molar-refractivity contribution is 0.0737. The summed E-state index contributed by atoms with van der Waals surface area (Å²) in [5, 5.41) is 13.3. The molecule has 228 valence electrons. The van der Waals surface area contributed by atoms with E-state index in [9.17, 15) is 14.7 Å². The van der Waals surface area contributed by atoms with E-state index in [-0.39, 0.29) is 30.2 Å². The zero-order chi connectivity index (χ0) is 30.1. The molecule has 3 heterocycles. The Kier molecular flexibility index (Phi) is 11.0. The van der Waals surface area contributed by atoms with E-state index in [2.05, 4.69) is 27.1 Å².